The van der Waals surface area contributed by atoms with Crippen molar-refractivity contribution in [2.75, 3.05) is 34.4 Å². The highest BCUT2D eigenvalue weighted by Gasteiger charge is 2.86. The van der Waals surface area contributed by atoms with E-state index in [1.165, 1.54) is 6.92 Å². The van der Waals surface area contributed by atoms with E-state index in [4.69, 9.17) is 18.9 Å². The van der Waals surface area contributed by atoms with E-state index in [9.17, 15) is 9.90 Å². The van der Waals surface area contributed by atoms with Gasteiger partial charge in [0.15, 0.2) is 0 Å². The number of hydrogen-bond donors (Lipinski definition) is 1. The smallest absolute Gasteiger partial charge is 0.302 e. The molecular formula is C26H41NO6. The molecule has 6 rings (SSSR count). The maximum absolute atomic E-state index is 12.5. The van der Waals surface area contributed by atoms with Gasteiger partial charge in [-0.2, -0.15) is 0 Å². The van der Waals surface area contributed by atoms with Crippen LogP contribution in [-0.4, -0.2) is 86.5 Å². The van der Waals surface area contributed by atoms with Gasteiger partial charge in [-0.3, -0.25) is 9.69 Å². The quantitative estimate of drug-likeness (QED) is 0.626. The Hall–Kier alpha value is -0.730. The van der Waals surface area contributed by atoms with Crippen LogP contribution >= 0.6 is 0 Å². The number of likely N-dealkylation sites (tertiary alicyclic amines) is 1. The Kier molecular flexibility index (Phi) is 4.93. The van der Waals surface area contributed by atoms with Crippen molar-refractivity contribution >= 4 is 5.97 Å². The topological polar surface area (TPSA) is 77.5 Å². The number of rotatable bonds is 5. The van der Waals surface area contributed by atoms with Crippen molar-refractivity contribution < 1.29 is 28.8 Å². The molecule has 0 aromatic rings. The predicted octanol–water partition coefficient (Wildman–Crippen LogP) is 2.10. The van der Waals surface area contributed by atoms with E-state index in [0.717, 1.165) is 38.8 Å². The van der Waals surface area contributed by atoms with Crippen LogP contribution in [0.3, 0.4) is 0 Å². The molecule has 33 heavy (non-hydrogen) atoms. The zero-order valence-electron chi connectivity index (χ0n) is 21.0. The number of aliphatic hydroxyl groups is 1. The van der Waals surface area contributed by atoms with Crippen LogP contribution in [0.5, 0.6) is 0 Å². The van der Waals surface area contributed by atoms with Crippen molar-refractivity contribution in [3.8, 4) is 0 Å². The summed E-state index contributed by atoms with van der Waals surface area (Å²) in [5, 5.41) is 11.7. The Labute approximate surface area is 197 Å². The third kappa shape index (κ3) is 2.37. The average Bonchev–Trinajstić information content (AvgIpc) is 3.17. The number of fused-ring (bicyclic) bond motifs is 2. The van der Waals surface area contributed by atoms with Gasteiger partial charge < -0.3 is 24.1 Å². The minimum Gasteiger partial charge on any atom is -0.462 e. The van der Waals surface area contributed by atoms with Crippen molar-refractivity contribution in [1.82, 2.24) is 4.90 Å². The zero-order valence-corrected chi connectivity index (χ0v) is 21.0. The molecule has 7 heteroatoms. The van der Waals surface area contributed by atoms with E-state index < -0.39 is 11.7 Å². The van der Waals surface area contributed by atoms with Crippen LogP contribution in [0.15, 0.2) is 0 Å². The van der Waals surface area contributed by atoms with Crippen LogP contribution in [0, 0.1) is 40.4 Å². The maximum Gasteiger partial charge on any atom is 0.302 e. The summed E-state index contributed by atoms with van der Waals surface area (Å²) in [4.78, 5) is 15.2. The van der Waals surface area contributed by atoms with Crippen LogP contribution in [0.2, 0.25) is 0 Å². The van der Waals surface area contributed by atoms with E-state index in [1.807, 2.05) is 7.11 Å². The lowest BCUT2D eigenvalue weighted by molar-refractivity contribution is -0.276. The molecule has 0 radical (unpaired) electrons. The van der Waals surface area contributed by atoms with Gasteiger partial charge in [0, 0.05) is 76.3 Å². The standard InChI is InChI=1S/C26H41NO6/c1-7-27-12-24(3)9-8-17(31-5)26-15-10-14-16(30-4)11-25(32-6,18(15)20(14)29)19(23(26)27)21(22(24)26)33-13(2)28/h14-23,29H,7-12H2,1-6H3/t14-,15-,16+,17+,18-,19?,20+,21-,22?,23-,24+,25-,26+/m1/s1. The van der Waals surface area contributed by atoms with Gasteiger partial charge in [0.25, 0.3) is 0 Å². The number of nitrogens with zero attached hydrogens (tertiary/aromatic N) is 1. The number of hydrogen-bond acceptors (Lipinski definition) is 7. The highest BCUT2D eigenvalue weighted by Crippen LogP contribution is 2.79. The summed E-state index contributed by atoms with van der Waals surface area (Å²) in [5.41, 5.74) is -0.707. The first-order chi connectivity index (χ1) is 15.7. The molecule has 13 atom stereocenters. The molecule has 0 aromatic heterocycles. The van der Waals surface area contributed by atoms with Crippen LogP contribution in [0.25, 0.3) is 0 Å². The maximum atomic E-state index is 12.5. The first-order valence-corrected chi connectivity index (χ1v) is 12.9. The minimum absolute atomic E-state index is 0.0125. The molecule has 1 spiro atoms. The van der Waals surface area contributed by atoms with Gasteiger partial charge in [-0.25, -0.2) is 0 Å². The Bertz CT molecular complexity index is 838. The van der Waals surface area contributed by atoms with Crippen molar-refractivity contribution in [2.24, 2.45) is 40.4 Å². The van der Waals surface area contributed by atoms with Crippen molar-refractivity contribution in [1.29, 1.82) is 0 Å². The summed E-state index contributed by atoms with van der Waals surface area (Å²) < 4.78 is 25.3. The second kappa shape index (κ2) is 7.16. The Balaban J connectivity index is 1.65. The van der Waals surface area contributed by atoms with Crippen LogP contribution in [0.4, 0.5) is 0 Å². The molecule has 2 unspecified atom stereocenters. The lowest BCUT2D eigenvalue weighted by Gasteiger charge is -2.69. The third-order valence-electron chi connectivity index (χ3n) is 11.5. The van der Waals surface area contributed by atoms with Crippen molar-refractivity contribution in [3.63, 3.8) is 0 Å². The van der Waals surface area contributed by atoms with E-state index in [1.54, 1.807) is 14.2 Å². The molecule has 6 aliphatic rings. The number of ether oxygens (including phenoxy) is 4. The molecule has 5 aliphatic carbocycles. The monoisotopic (exact) mass is 463 g/mol. The van der Waals surface area contributed by atoms with Crippen molar-refractivity contribution in [3.05, 3.63) is 0 Å². The van der Waals surface area contributed by atoms with E-state index in [-0.39, 0.29) is 70.7 Å². The normalized spacial score (nSPS) is 58.4. The molecule has 186 valence electrons. The van der Waals surface area contributed by atoms with E-state index in [2.05, 4.69) is 18.7 Å². The summed E-state index contributed by atoms with van der Waals surface area (Å²) in [5.74, 6) is 0.364. The molecule has 1 saturated heterocycles. The lowest BCUT2D eigenvalue weighted by atomic mass is 9.43. The predicted molar refractivity (Wildman–Crippen MR) is 120 cm³/mol. The molecule has 5 saturated carbocycles. The van der Waals surface area contributed by atoms with Gasteiger partial charge >= 0.3 is 5.97 Å². The van der Waals surface area contributed by atoms with Crippen LogP contribution < -0.4 is 0 Å². The molecule has 1 N–H and O–H groups in total. The zero-order chi connectivity index (χ0) is 23.5. The molecule has 0 aromatic carbocycles. The number of aliphatic hydroxyl groups excluding tert-OH is 1. The Morgan fingerprint density at radius 2 is 1.94 bits per heavy atom. The fourth-order valence-electron chi connectivity index (χ4n) is 11.1. The molecule has 6 fully saturated rings. The first kappa shape index (κ1) is 22.7. The Morgan fingerprint density at radius 1 is 1.18 bits per heavy atom. The summed E-state index contributed by atoms with van der Waals surface area (Å²) in [6.45, 7) is 8.17. The van der Waals surface area contributed by atoms with Gasteiger partial charge in [-0.15, -0.1) is 0 Å². The van der Waals surface area contributed by atoms with Gasteiger partial charge in [0.2, 0.25) is 0 Å². The number of carbonyl (C=O) groups is 1. The average molecular weight is 464 g/mol. The first-order valence-electron chi connectivity index (χ1n) is 12.9. The van der Waals surface area contributed by atoms with Crippen LogP contribution in [-0.2, 0) is 23.7 Å². The van der Waals surface area contributed by atoms with Gasteiger partial charge in [0.1, 0.15) is 6.10 Å². The number of esters is 1. The number of carbonyl (C=O) groups excluding carboxylic acids is 1. The summed E-state index contributed by atoms with van der Waals surface area (Å²) in [6, 6.07) is 0.206. The largest absolute Gasteiger partial charge is 0.462 e. The third-order valence-corrected chi connectivity index (χ3v) is 11.5. The number of methoxy groups -OCH3 is 3. The highest BCUT2D eigenvalue weighted by molar-refractivity contribution is 5.66. The molecule has 1 heterocycles. The Morgan fingerprint density at radius 3 is 2.55 bits per heavy atom. The number of piperidine rings is 1. The lowest BCUT2D eigenvalue weighted by Crippen LogP contribution is -2.76. The van der Waals surface area contributed by atoms with Gasteiger partial charge in [-0.05, 0) is 37.1 Å². The highest BCUT2D eigenvalue weighted by atomic mass is 16.6. The molecule has 1 aliphatic heterocycles. The fraction of sp³-hybridized carbons (Fsp3) is 0.962. The second-order valence-corrected chi connectivity index (χ2v) is 12.2. The van der Waals surface area contributed by atoms with Crippen molar-refractivity contribution in [2.45, 2.75) is 82.5 Å². The van der Waals surface area contributed by atoms with Gasteiger partial charge in [0.05, 0.1) is 23.9 Å². The van der Waals surface area contributed by atoms with Gasteiger partial charge in [-0.1, -0.05) is 13.8 Å². The molecule has 7 bridgehead atoms. The van der Waals surface area contributed by atoms with E-state index >= 15 is 0 Å². The second-order valence-electron chi connectivity index (χ2n) is 12.2. The summed E-state index contributed by atoms with van der Waals surface area (Å²) >= 11 is 0. The molecule has 7 nitrogen and oxygen atoms in total. The molecular weight excluding hydrogens is 422 g/mol. The summed E-state index contributed by atoms with van der Waals surface area (Å²) in [7, 11) is 5.42. The SMILES string of the molecule is CCN1C[C@]2(C)CC[C@H](OC)[C@@]34C2[C@H](OC(C)=O)C([C@@H]13)[C@@]1(OC)C[C@H](OC)[C@H]2C[C@@H]4[C@@H]1[C@H]2O. The van der Waals surface area contributed by atoms with Crippen LogP contribution in [0.1, 0.15) is 46.5 Å². The summed E-state index contributed by atoms with van der Waals surface area (Å²) in [6.07, 6.45) is 3.09. The minimum atomic E-state index is -0.581. The van der Waals surface area contributed by atoms with E-state index in [0.29, 0.717) is 0 Å². The molecule has 0 amide bonds. The fourth-order valence-corrected chi connectivity index (χ4v) is 11.1.